The van der Waals surface area contributed by atoms with E-state index in [4.69, 9.17) is 4.74 Å². The van der Waals surface area contributed by atoms with Gasteiger partial charge in [0.1, 0.15) is 5.75 Å². The van der Waals surface area contributed by atoms with Crippen molar-refractivity contribution in [2.45, 2.75) is 12.5 Å². The van der Waals surface area contributed by atoms with Crippen LogP contribution in [0.25, 0.3) is 5.69 Å². The Morgan fingerprint density at radius 2 is 1.86 bits per heavy atom. The van der Waals surface area contributed by atoms with Crippen LogP contribution in [-0.4, -0.2) is 48.3 Å². The van der Waals surface area contributed by atoms with E-state index in [1.807, 2.05) is 74.9 Å². The number of hydrogen-bond donors (Lipinski definition) is 1. The number of carbonyl (C=O) groups excluding carboxylic acids is 1. The second-order valence-corrected chi connectivity index (χ2v) is 6.86. The van der Waals surface area contributed by atoms with Crippen LogP contribution in [0.15, 0.2) is 67.0 Å². The second kappa shape index (κ2) is 9.19. The van der Waals surface area contributed by atoms with Crippen molar-refractivity contribution >= 4 is 5.91 Å². The number of nitrogens with one attached hydrogen (secondary N) is 1. The molecule has 0 aliphatic rings. The van der Waals surface area contributed by atoms with Gasteiger partial charge in [-0.2, -0.15) is 5.10 Å². The number of ether oxygens (including phenoxy) is 1. The van der Waals surface area contributed by atoms with Crippen LogP contribution in [0, 0.1) is 0 Å². The van der Waals surface area contributed by atoms with Crippen molar-refractivity contribution in [3.8, 4) is 11.4 Å². The average Bonchev–Trinajstić information content (AvgIpc) is 3.17. The number of amides is 1. The molecule has 1 N–H and O–H groups in total. The number of hydrogen-bond acceptors (Lipinski definition) is 4. The summed E-state index contributed by atoms with van der Waals surface area (Å²) in [6.45, 7) is 0.533. The molecule has 0 fully saturated rings. The number of para-hydroxylation sites is 1. The Hall–Kier alpha value is -3.12. The molecule has 3 aromatic rings. The molecule has 0 saturated heterocycles. The summed E-state index contributed by atoms with van der Waals surface area (Å²) in [5, 5.41) is 7.38. The van der Waals surface area contributed by atoms with E-state index in [0.717, 1.165) is 22.6 Å². The maximum atomic E-state index is 12.4. The lowest BCUT2D eigenvalue weighted by Gasteiger charge is -2.25. The number of nitrogens with zero attached hydrogens (tertiary/aromatic N) is 3. The Balaban J connectivity index is 1.58. The van der Waals surface area contributed by atoms with Crippen molar-refractivity contribution in [2.75, 3.05) is 27.7 Å². The summed E-state index contributed by atoms with van der Waals surface area (Å²) >= 11 is 0. The summed E-state index contributed by atoms with van der Waals surface area (Å²) in [5.41, 5.74) is 2.98. The molecule has 6 nitrogen and oxygen atoms in total. The van der Waals surface area contributed by atoms with Gasteiger partial charge in [0.05, 0.1) is 31.5 Å². The number of rotatable bonds is 8. The number of carbonyl (C=O) groups is 1. The zero-order chi connectivity index (χ0) is 19.9. The van der Waals surface area contributed by atoms with E-state index in [-0.39, 0.29) is 11.9 Å². The van der Waals surface area contributed by atoms with Crippen LogP contribution in [0.2, 0.25) is 0 Å². The fourth-order valence-electron chi connectivity index (χ4n) is 3.06. The summed E-state index contributed by atoms with van der Waals surface area (Å²) in [4.78, 5) is 14.5. The number of benzene rings is 2. The van der Waals surface area contributed by atoms with Crippen molar-refractivity contribution in [1.82, 2.24) is 20.0 Å². The van der Waals surface area contributed by atoms with Gasteiger partial charge in [-0.15, -0.1) is 0 Å². The fraction of sp³-hybridized carbons (Fsp3) is 0.273. The Bertz CT molecular complexity index is 888. The molecule has 1 amide bonds. The van der Waals surface area contributed by atoms with Crippen LogP contribution in [0.3, 0.4) is 0 Å². The van der Waals surface area contributed by atoms with Gasteiger partial charge < -0.3 is 15.0 Å². The SMILES string of the molecule is COc1ccc(C(CNC(=O)Cc2cnn(-c3ccccc3)c2)N(C)C)cc1. The van der Waals surface area contributed by atoms with Gasteiger partial charge in [0.2, 0.25) is 5.91 Å². The van der Waals surface area contributed by atoms with Gasteiger partial charge in [-0.1, -0.05) is 30.3 Å². The summed E-state index contributed by atoms with van der Waals surface area (Å²) < 4.78 is 7.00. The number of aromatic nitrogens is 2. The Morgan fingerprint density at radius 1 is 1.14 bits per heavy atom. The van der Waals surface area contributed by atoms with Gasteiger partial charge in [0.25, 0.3) is 0 Å². The van der Waals surface area contributed by atoms with Gasteiger partial charge in [-0.25, -0.2) is 4.68 Å². The maximum absolute atomic E-state index is 12.4. The van der Waals surface area contributed by atoms with Crippen LogP contribution >= 0.6 is 0 Å². The zero-order valence-electron chi connectivity index (χ0n) is 16.5. The molecule has 3 rings (SSSR count). The summed E-state index contributed by atoms with van der Waals surface area (Å²) in [5.74, 6) is 0.800. The quantitative estimate of drug-likeness (QED) is 0.655. The number of methoxy groups -OCH3 is 1. The first-order valence-electron chi connectivity index (χ1n) is 9.23. The van der Waals surface area contributed by atoms with Crippen LogP contribution in [0.4, 0.5) is 0 Å². The van der Waals surface area contributed by atoms with E-state index in [2.05, 4.69) is 15.3 Å². The molecular formula is C22H26N4O2. The predicted molar refractivity (Wildman–Crippen MR) is 110 cm³/mol. The molecule has 1 aromatic heterocycles. The van der Waals surface area contributed by atoms with Crippen molar-refractivity contribution in [3.63, 3.8) is 0 Å². The molecule has 6 heteroatoms. The third kappa shape index (κ3) is 4.98. The summed E-state index contributed by atoms with van der Waals surface area (Å²) in [7, 11) is 5.66. The van der Waals surface area contributed by atoms with Crippen molar-refractivity contribution in [1.29, 1.82) is 0 Å². The second-order valence-electron chi connectivity index (χ2n) is 6.86. The standard InChI is InChI=1S/C22H26N4O2/c1-25(2)21(18-9-11-20(28-3)12-10-18)15-23-22(27)13-17-14-24-26(16-17)19-7-5-4-6-8-19/h4-12,14,16,21H,13,15H2,1-3H3,(H,23,27). The largest absolute Gasteiger partial charge is 0.497 e. The lowest BCUT2D eigenvalue weighted by Crippen LogP contribution is -2.35. The van der Waals surface area contributed by atoms with Gasteiger partial charge in [-0.05, 0) is 49.5 Å². The van der Waals surface area contributed by atoms with E-state index in [0.29, 0.717) is 13.0 Å². The average molecular weight is 378 g/mol. The highest BCUT2D eigenvalue weighted by molar-refractivity contribution is 5.78. The third-order valence-electron chi connectivity index (χ3n) is 4.64. The van der Waals surface area contributed by atoms with Crippen LogP contribution in [0.1, 0.15) is 17.2 Å². The molecule has 146 valence electrons. The molecule has 1 atom stereocenters. The molecular weight excluding hydrogens is 352 g/mol. The van der Waals surface area contributed by atoms with Crippen molar-refractivity contribution in [3.05, 3.63) is 78.1 Å². The molecule has 0 radical (unpaired) electrons. The molecule has 0 aliphatic heterocycles. The normalized spacial score (nSPS) is 12.0. The third-order valence-corrected chi connectivity index (χ3v) is 4.64. The smallest absolute Gasteiger partial charge is 0.224 e. The molecule has 2 aromatic carbocycles. The maximum Gasteiger partial charge on any atom is 0.224 e. The Morgan fingerprint density at radius 3 is 2.50 bits per heavy atom. The van der Waals surface area contributed by atoms with Gasteiger partial charge >= 0.3 is 0 Å². The zero-order valence-corrected chi connectivity index (χ0v) is 16.5. The van der Waals surface area contributed by atoms with E-state index in [1.165, 1.54) is 0 Å². The summed E-state index contributed by atoms with van der Waals surface area (Å²) in [6.07, 6.45) is 3.93. The van der Waals surface area contributed by atoms with Gasteiger partial charge in [0.15, 0.2) is 0 Å². The lowest BCUT2D eigenvalue weighted by atomic mass is 10.1. The van der Waals surface area contributed by atoms with Crippen molar-refractivity contribution in [2.24, 2.45) is 0 Å². The highest BCUT2D eigenvalue weighted by atomic mass is 16.5. The van der Waals surface area contributed by atoms with E-state index in [1.54, 1.807) is 18.0 Å². The van der Waals surface area contributed by atoms with E-state index >= 15 is 0 Å². The molecule has 1 heterocycles. The monoisotopic (exact) mass is 378 g/mol. The van der Waals surface area contributed by atoms with Gasteiger partial charge in [0, 0.05) is 12.7 Å². The van der Waals surface area contributed by atoms with Crippen LogP contribution in [-0.2, 0) is 11.2 Å². The lowest BCUT2D eigenvalue weighted by molar-refractivity contribution is -0.120. The number of likely N-dealkylation sites (N-methyl/N-ethyl adjacent to an activating group) is 1. The molecule has 0 spiro atoms. The minimum Gasteiger partial charge on any atom is -0.497 e. The molecule has 1 unspecified atom stereocenters. The van der Waals surface area contributed by atoms with Crippen LogP contribution in [0.5, 0.6) is 5.75 Å². The van der Waals surface area contributed by atoms with E-state index < -0.39 is 0 Å². The van der Waals surface area contributed by atoms with Gasteiger partial charge in [-0.3, -0.25) is 4.79 Å². The fourth-order valence-corrected chi connectivity index (χ4v) is 3.06. The molecule has 0 aliphatic carbocycles. The first-order chi connectivity index (χ1) is 13.6. The Kier molecular flexibility index (Phi) is 6.45. The Labute approximate surface area is 165 Å². The highest BCUT2D eigenvalue weighted by Crippen LogP contribution is 2.20. The van der Waals surface area contributed by atoms with E-state index in [9.17, 15) is 4.79 Å². The minimum atomic E-state index is -0.0204. The topological polar surface area (TPSA) is 59.4 Å². The predicted octanol–water partition coefficient (Wildman–Crippen LogP) is 2.84. The molecule has 0 bridgehead atoms. The minimum absolute atomic E-state index is 0.0204. The highest BCUT2D eigenvalue weighted by Gasteiger charge is 2.16. The molecule has 0 saturated carbocycles. The van der Waals surface area contributed by atoms with Crippen LogP contribution < -0.4 is 10.1 Å². The summed E-state index contributed by atoms with van der Waals surface area (Å²) in [6, 6.07) is 17.9. The first-order valence-corrected chi connectivity index (χ1v) is 9.23. The molecule has 28 heavy (non-hydrogen) atoms. The van der Waals surface area contributed by atoms with Crippen molar-refractivity contribution < 1.29 is 9.53 Å². The first kappa shape index (κ1) is 19.6.